The van der Waals surface area contributed by atoms with Gasteiger partial charge in [-0.25, -0.2) is 0 Å². The quantitative estimate of drug-likeness (QED) is 0.676. The Hall–Kier alpha value is -2.60. The summed E-state index contributed by atoms with van der Waals surface area (Å²) in [5, 5.41) is 12.1. The Morgan fingerprint density at radius 3 is 2.58 bits per heavy atom. The van der Waals surface area contributed by atoms with Crippen molar-refractivity contribution in [2.24, 2.45) is 5.73 Å². The first kappa shape index (κ1) is 16.3. The SMILES string of the molecule is NC(=O)c1ccc(N2CCCC2c2ccc(Cl)cc2)c([N+](=O)[O-])c1. The number of carbonyl (C=O) groups is 1. The smallest absolute Gasteiger partial charge is 0.293 e. The highest BCUT2D eigenvalue weighted by molar-refractivity contribution is 6.30. The van der Waals surface area contributed by atoms with Crippen LogP contribution in [0.5, 0.6) is 0 Å². The maximum atomic E-state index is 11.5. The van der Waals surface area contributed by atoms with Gasteiger partial charge in [-0.15, -0.1) is 0 Å². The monoisotopic (exact) mass is 345 g/mol. The van der Waals surface area contributed by atoms with Crippen LogP contribution >= 0.6 is 11.6 Å². The van der Waals surface area contributed by atoms with Gasteiger partial charge in [0, 0.05) is 23.2 Å². The molecule has 2 N–H and O–H groups in total. The molecule has 0 aromatic heterocycles. The number of benzene rings is 2. The molecule has 0 bridgehead atoms. The molecular formula is C17H16ClN3O3. The van der Waals surface area contributed by atoms with Crippen molar-refractivity contribution in [1.29, 1.82) is 0 Å². The van der Waals surface area contributed by atoms with Crippen molar-refractivity contribution in [2.75, 3.05) is 11.4 Å². The molecule has 1 aliphatic heterocycles. The lowest BCUT2D eigenvalue weighted by Crippen LogP contribution is -2.23. The highest BCUT2D eigenvalue weighted by Crippen LogP contribution is 2.40. The van der Waals surface area contributed by atoms with Gasteiger partial charge in [0.2, 0.25) is 5.91 Å². The van der Waals surface area contributed by atoms with Crippen molar-refractivity contribution in [2.45, 2.75) is 18.9 Å². The van der Waals surface area contributed by atoms with Gasteiger partial charge in [-0.2, -0.15) is 0 Å². The molecule has 0 radical (unpaired) electrons. The topological polar surface area (TPSA) is 89.5 Å². The minimum Gasteiger partial charge on any atom is -0.366 e. The van der Waals surface area contributed by atoms with E-state index in [0.717, 1.165) is 18.4 Å². The number of halogens is 1. The molecule has 0 spiro atoms. The van der Waals surface area contributed by atoms with Crippen LogP contribution in [0, 0.1) is 10.1 Å². The molecule has 3 rings (SSSR count). The lowest BCUT2D eigenvalue weighted by molar-refractivity contribution is -0.384. The van der Waals surface area contributed by atoms with Crippen LogP contribution in [0.2, 0.25) is 5.02 Å². The van der Waals surface area contributed by atoms with Gasteiger partial charge in [-0.3, -0.25) is 14.9 Å². The Balaban J connectivity index is 2.02. The fourth-order valence-electron chi connectivity index (χ4n) is 3.15. The second kappa shape index (κ2) is 6.49. The molecule has 2 aromatic rings. The van der Waals surface area contributed by atoms with Crippen LogP contribution in [0.15, 0.2) is 42.5 Å². The molecule has 1 atom stereocenters. The van der Waals surface area contributed by atoms with Gasteiger partial charge >= 0.3 is 0 Å². The first-order valence-corrected chi connectivity index (χ1v) is 7.95. The van der Waals surface area contributed by atoms with E-state index < -0.39 is 10.8 Å². The first-order valence-electron chi connectivity index (χ1n) is 7.57. The number of hydrogen-bond acceptors (Lipinski definition) is 4. The number of rotatable bonds is 4. The van der Waals surface area contributed by atoms with Crippen molar-refractivity contribution in [3.8, 4) is 0 Å². The normalized spacial score (nSPS) is 17.0. The van der Waals surface area contributed by atoms with Crippen molar-refractivity contribution >= 4 is 28.9 Å². The molecule has 0 aliphatic carbocycles. The average molecular weight is 346 g/mol. The molecule has 0 saturated carbocycles. The van der Waals surface area contributed by atoms with Crippen LogP contribution in [-0.2, 0) is 0 Å². The maximum absolute atomic E-state index is 11.5. The summed E-state index contributed by atoms with van der Waals surface area (Å²) in [4.78, 5) is 24.3. The van der Waals surface area contributed by atoms with E-state index in [4.69, 9.17) is 17.3 Å². The lowest BCUT2D eigenvalue weighted by Gasteiger charge is -2.27. The van der Waals surface area contributed by atoms with Crippen LogP contribution in [0.4, 0.5) is 11.4 Å². The molecule has 1 amide bonds. The zero-order valence-corrected chi connectivity index (χ0v) is 13.6. The van der Waals surface area contributed by atoms with Crippen molar-refractivity contribution in [3.63, 3.8) is 0 Å². The molecular weight excluding hydrogens is 330 g/mol. The predicted molar refractivity (Wildman–Crippen MR) is 92.4 cm³/mol. The minimum absolute atomic E-state index is 0.0420. The molecule has 1 fully saturated rings. The average Bonchev–Trinajstić information content (AvgIpc) is 3.04. The van der Waals surface area contributed by atoms with E-state index >= 15 is 0 Å². The molecule has 2 aromatic carbocycles. The van der Waals surface area contributed by atoms with E-state index in [1.54, 1.807) is 6.07 Å². The molecule has 1 saturated heterocycles. The number of hydrogen-bond donors (Lipinski definition) is 1. The van der Waals surface area contributed by atoms with E-state index in [0.29, 0.717) is 17.3 Å². The van der Waals surface area contributed by atoms with Gasteiger partial charge in [0.25, 0.3) is 5.69 Å². The Kier molecular flexibility index (Phi) is 4.40. The summed E-state index contributed by atoms with van der Waals surface area (Å²) < 4.78 is 0. The van der Waals surface area contributed by atoms with Crippen molar-refractivity contribution < 1.29 is 9.72 Å². The number of anilines is 1. The molecule has 124 valence electrons. The minimum atomic E-state index is -0.680. The summed E-state index contributed by atoms with van der Waals surface area (Å²) in [7, 11) is 0. The van der Waals surface area contributed by atoms with Crippen LogP contribution in [0.3, 0.4) is 0 Å². The first-order chi connectivity index (χ1) is 11.5. The number of nitro benzene ring substituents is 1. The third-order valence-electron chi connectivity index (χ3n) is 4.27. The van der Waals surface area contributed by atoms with E-state index in [2.05, 4.69) is 0 Å². The van der Waals surface area contributed by atoms with Gasteiger partial charge in [-0.05, 0) is 42.7 Å². The molecule has 1 heterocycles. The number of amides is 1. The number of nitrogens with zero attached hydrogens (tertiary/aromatic N) is 2. The van der Waals surface area contributed by atoms with Crippen molar-refractivity contribution in [1.82, 2.24) is 0 Å². The third-order valence-corrected chi connectivity index (χ3v) is 4.53. The summed E-state index contributed by atoms with van der Waals surface area (Å²) in [6.45, 7) is 0.712. The van der Waals surface area contributed by atoms with E-state index in [1.165, 1.54) is 12.1 Å². The molecule has 24 heavy (non-hydrogen) atoms. The van der Waals surface area contributed by atoms with Gasteiger partial charge < -0.3 is 10.6 Å². The Labute approximate surface area is 144 Å². The molecule has 1 unspecified atom stereocenters. The summed E-state index contributed by atoms with van der Waals surface area (Å²) in [6, 6.07) is 11.9. The summed E-state index contributed by atoms with van der Waals surface area (Å²) >= 11 is 5.94. The fourth-order valence-corrected chi connectivity index (χ4v) is 3.28. The van der Waals surface area contributed by atoms with Gasteiger partial charge in [0.05, 0.1) is 11.0 Å². The number of nitro groups is 1. The summed E-state index contributed by atoms with van der Waals surface area (Å²) in [5.74, 6) is -0.680. The lowest BCUT2D eigenvalue weighted by atomic mass is 10.0. The van der Waals surface area contributed by atoms with Crippen LogP contribution < -0.4 is 10.6 Å². The van der Waals surface area contributed by atoms with Crippen LogP contribution in [0.25, 0.3) is 0 Å². The molecule has 1 aliphatic rings. The second-order valence-corrected chi connectivity index (χ2v) is 6.16. The number of primary amides is 1. The van der Waals surface area contributed by atoms with Gasteiger partial charge in [0.15, 0.2) is 0 Å². The highest BCUT2D eigenvalue weighted by Gasteiger charge is 2.31. The second-order valence-electron chi connectivity index (χ2n) is 5.73. The standard InChI is InChI=1S/C17H16ClN3O3/c18-13-6-3-11(4-7-13)14-2-1-9-20(14)15-8-5-12(17(19)22)10-16(15)21(23)24/h3-8,10,14H,1-2,9H2,(H2,19,22). The summed E-state index contributed by atoms with van der Waals surface area (Å²) in [6.07, 6.45) is 1.83. The Morgan fingerprint density at radius 2 is 1.96 bits per heavy atom. The zero-order chi connectivity index (χ0) is 17.3. The van der Waals surface area contributed by atoms with Crippen LogP contribution in [-0.4, -0.2) is 17.4 Å². The highest BCUT2D eigenvalue weighted by atomic mass is 35.5. The Morgan fingerprint density at radius 1 is 1.25 bits per heavy atom. The molecule has 6 nitrogen and oxygen atoms in total. The van der Waals surface area contributed by atoms with E-state index in [-0.39, 0.29) is 17.3 Å². The number of nitrogens with two attached hydrogens (primary N) is 1. The van der Waals surface area contributed by atoms with E-state index in [1.807, 2.05) is 29.2 Å². The van der Waals surface area contributed by atoms with E-state index in [9.17, 15) is 14.9 Å². The zero-order valence-electron chi connectivity index (χ0n) is 12.8. The molecule has 7 heteroatoms. The van der Waals surface area contributed by atoms with Gasteiger partial charge in [-0.1, -0.05) is 23.7 Å². The van der Waals surface area contributed by atoms with Crippen LogP contribution in [0.1, 0.15) is 34.8 Å². The Bertz CT molecular complexity index is 792. The number of carbonyl (C=O) groups excluding carboxylic acids is 1. The third kappa shape index (κ3) is 3.05. The largest absolute Gasteiger partial charge is 0.366 e. The predicted octanol–water partition coefficient (Wildman–Crippen LogP) is 3.69. The van der Waals surface area contributed by atoms with Gasteiger partial charge in [0.1, 0.15) is 5.69 Å². The summed E-state index contributed by atoms with van der Waals surface area (Å²) in [5.41, 5.74) is 6.82. The fraction of sp³-hybridized carbons (Fsp3) is 0.235. The van der Waals surface area contributed by atoms with Crippen molar-refractivity contribution in [3.05, 3.63) is 68.7 Å². The maximum Gasteiger partial charge on any atom is 0.293 e.